The van der Waals surface area contributed by atoms with Gasteiger partial charge in [0.05, 0.1) is 11.6 Å². The summed E-state index contributed by atoms with van der Waals surface area (Å²) in [5.41, 5.74) is 8.37. The van der Waals surface area contributed by atoms with Crippen molar-refractivity contribution in [2.75, 3.05) is 5.73 Å². The SMILES string of the molecule is C=CCn1c(C2CC2)nc(-c2ccccc2C#N)c1N. The summed E-state index contributed by atoms with van der Waals surface area (Å²) in [6.07, 6.45) is 4.14. The minimum Gasteiger partial charge on any atom is -0.383 e. The van der Waals surface area contributed by atoms with Gasteiger partial charge in [0, 0.05) is 18.0 Å². The first-order valence-electron chi connectivity index (χ1n) is 6.72. The van der Waals surface area contributed by atoms with Crippen LogP contribution in [-0.4, -0.2) is 9.55 Å². The van der Waals surface area contributed by atoms with Gasteiger partial charge in [0.15, 0.2) is 0 Å². The Kier molecular flexibility index (Phi) is 3.03. The highest BCUT2D eigenvalue weighted by Gasteiger charge is 2.31. The molecular formula is C16H16N4. The second-order valence-electron chi connectivity index (χ2n) is 5.03. The van der Waals surface area contributed by atoms with Gasteiger partial charge in [0.25, 0.3) is 0 Å². The molecule has 0 unspecified atom stereocenters. The monoisotopic (exact) mass is 264 g/mol. The van der Waals surface area contributed by atoms with Gasteiger partial charge in [0.1, 0.15) is 17.3 Å². The third-order valence-corrected chi connectivity index (χ3v) is 3.59. The van der Waals surface area contributed by atoms with Crippen LogP contribution in [0.4, 0.5) is 5.82 Å². The number of hydrogen-bond acceptors (Lipinski definition) is 3. The third-order valence-electron chi connectivity index (χ3n) is 3.59. The Balaban J connectivity index is 2.17. The van der Waals surface area contributed by atoms with Crippen LogP contribution in [0.15, 0.2) is 36.9 Å². The van der Waals surface area contributed by atoms with Crippen molar-refractivity contribution in [3.8, 4) is 17.3 Å². The lowest BCUT2D eigenvalue weighted by atomic mass is 10.1. The molecule has 1 fully saturated rings. The van der Waals surface area contributed by atoms with E-state index in [4.69, 9.17) is 10.7 Å². The third kappa shape index (κ3) is 1.97. The smallest absolute Gasteiger partial charge is 0.132 e. The highest BCUT2D eigenvalue weighted by Crippen LogP contribution is 2.42. The van der Waals surface area contributed by atoms with Gasteiger partial charge in [-0.1, -0.05) is 24.3 Å². The average molecular weight is 264 g/mol. The van der Waals surface area contributed by atoms with E-state index < -0.39 is 0 Å². The molecule has 20 heavy (non-hydrogen) atoms. The number of nitrogens with zero attached hydrogens (tertiary/aromatic N) is 3. The summed E-state index contributed by atoms with van der Waals surface area (Å²) in [4.78, 5) is 4.71. The van der Waals surface area contributed by atoms with Crippen LogP contribution in [0.2, 0.25) is 0 Å². The van der Waals surface area contributed by atoms with Crippen LogP contribution >= 0.6 is 0 Å². The molecule has 4 heteroatoms. The van der Waals surface area contributed by atoms with E-state index in [1.54, 1.807) is 6.07 Å². The van der Waals surface area contributed by atoms with E-state index >= 15 is 0 Å². The molecule has 1 aromatic carbocycles. The Labute approximate surface area is 118 Å². The quantitative estimate of drug-likeness (QED) is 0.863. The van der Waals surface area contributed by atoms with E-state index in [0.717, 1.165) is 24.2 Å². The second kappa shape index (κ2) is 4.86. The predicted molar refractivity (Wildman–Crippen MR) is 79.0 cm³/mol. The van der Waals surface area contributed by atoms with E-state index in [1.165, 1.54) is 0 Å². The lowest BCUT2D eigenvalue weighted by Gasteiger charge is -2.06. The maximum atomic E-state index is 9.23. The van der Waals surface area contributed by atoms with Crippen molar-refractivity contribution in [2.24, 2.45) is 0 Å². The van der Waals surface area contributed by atoms with Crippen molar-refractivity contribution >= 4 is 5.82 Å². The van der Waals surface area contributed by atoms with Crippen molar-refractivity contribution < 1.29 is 0 Å². The minimum absolute atomic E-state index is 0.500. The van der Waals surface area contributed by atoms with Gasteiger partial charge >= 0.3 is 0 Å². The van der Waals surface area contributed by atoms with Gasteiger partial charge in [-0.05, 0) is 18.9 Å². The fourth-order valence-electron chi connectivity index (χ4n) is 2.44. The summed E-state index contributed by atoms with van der Waals surface area (Å²) >= 11 is 0. The fraction of sp³-hybridized carbons (Fsp3) is 0.250. The molecule has 4 nitrogen and oxygen atoms in total. The summed E-state index contributed by atoms with van der Waals surface area (Å²) in [6.45, 7) is 4.43. The first-order chi connectivity index (χ1) is 9.76. The summed E-state index contributed by atoms with van der Waals surface area (Å²) in [5.74, 6) is 2.14. The summed E-state index contributed by atoms with van der Waals surface area (Å²) in [5, 5.41) is 9.23. The number of hydrogen-bond donors (Lipinski definition) is 1. The van der Waals surface area contributed by atoms with Crippen molar-refractivity contribution in [3.63, 3.8) is 0 Å². The van der Waals surface area contributed by atoms with Gasteiger partial charge in [-0.25, -0.2) is 4.98 Å². The van der Waals surface area contributed by atoms with Gasteiger partial charge in [-0.3, -0.25) is 0 Å². The van der Waals surface area contributed by atoms with E-state index in [1.807, 2.05) is 28.8 Å². The van der Waals surface area contributed by atoms with Crippen molar-refractivity contribution in [2.45, 2.75) is 25.3 Å². The van der Waals surface area contributed by atoms with Gasteiger partial charge in [-0.2, -0.15) is 5.26 Å². The summed E-state index contributed by atoms with van der Waals surface area (Å²) in [7, 11) is 0. The standard InChI is InChI=1S/C16H16N4/c1-2-9-20-15(18)14(19-16(20)11-7-8-11)13-6-4-3-5-12(13)10-17/h2-6,11H,1,7-9,18H2. The molecule has 0 saturated heterocycles. The number of allylic oxidation sites excluding steroid dienone is 1. The Bertz CT molecular complexity index is 702. The minimum atomic E-state index is 0.500. The largest absolute Gasteiger partial charge is 0.383 e. The lowest BCUT2D eigenvalue weighted by Crippen LogP contribution is -2.05. The molecule has 1 aromatic heterocycles. The molecule has 1 saturated carbocycles. The molecule has 0 amide bonds. The molecule has 0 bridgehead atoms. The normalized spacial score (nSPS) is 13.9. The number of benzene rings is 1. The van der Waals surface area contributed by atoms with E-state index in [9.17, 15) is 5.26 Å². The molecule has 2 aromatic rings. The molecule has 3 rings (SSSR count). The van der Waals surface area contributed by atoms with Gasteiger partial charge in [0.2, 0.25) is 0 Å². The average Bonchev–Trinajstić information content (AvgIpc) is 3.26. The van der Waals surface area contributed by atoms with Crippen LogP contribution in [0.1, 0.15) is 30.1 Å². The zero-order valence-corrected chi connectivity index (χ0v) is 11.2. The maximum absolute atomic E-state index is 9.23. The number of nitrogen functional groups attached to an aromatic ring is 1. The number of rotatable bonds is 4. The molecule has 1 heterocycles. The molecule has 0 radical (unpaired) electrons. The summed E-state index contributed by atoms with van der Waals surface area (Å²) < 4.78 is 2.01. The maximum Gasteiger partial charge on any atom is 0.132 e. The van der Waals surface area contributed by atoms with Crippen LogP contribution in [-0.2, 0) is 6.54 Å². The Hall–Kier alpha value is -2.54. The summed E-state index contributed by atoms with van der Waals surface area (Å²) in [6, 6.07) is 9.64. The van der Waals surface area contributed by atoms with E-state index in [-0.39, 0.29) is 0 Å². The molecule has 0 spiro atoms. The number of anilines is 1. The van der Waals surface area contributed by atoms with Crippen molar-refractivity contribution in [1.82, 2.24) is 9.55 Å². The van der Waals surface area contributed by atoms with Crippen LogP contribution < -0.4 is 5.73 Å². The zero-order chi connectivity index (χ0) is 14.1. The highest BCUT2D eigenvalue weighted by atomic mass is 15.1. The molecule has 1 aliphatic carbocycles. The first-order valence-corrected chi connectivity index (χ1v) is 6.72. The highest BCUT2D eigenvalue weighted by molar-refractivity contribution is 5.76. The molecule has 1 aliphatic rings. The Morgan fingerprint density at radius 3 is 2.85 bits per heavy atom. The van der Waals surface area contributed by atoms with Gasteiger partial charge < -0.3 is 10.3 Å². The second-order valence-corrected chi connectivity index (χ2v) is 5.03. The molecule has 0 aliphatic heterocycles. The van der Waals surface area contributed by atoms with Crippen LogP contribution in [0.25, 0.3) is 11.3 Å². The van der Waals surface area contributed by atoms with E-state index in [0.29, 0.717) is 29.5 Å². The molecule has 0 atom stereocenters. The number of imidazole rings is 1. The van der Waals surface area contributed by atoms with E-state index in [2.05, 4.69) is 12.6 Å². The Morgan fingerprint density at radius 2 is 2.20 bits per heavy atom. The lowest BCUT2D eigenvalue weighted by molar-refractivity contribution is 0.750. The fourth-order valence-corrected chi connectivity index (χ4v) is 2.44. The Morgan fingerprint density at radius 1 is 1.45 bits per heavy atom. The van der Waals surface area contributed by atoms with Gasteiger partial charge in [-0.15, -0.1) is 6.58 Å². The van der Waals surface area contributed by atoms with Crippen molar-refractivity contribution in [1.29, 1.82) is 5.26 Å². The zero-order valence-electron chi connectivity index (χ0n) is 11.2. The predicted octanol–water partition coefficient (Wildman–Crippen LogP) is 3.07. The molecular weight excluding hydrogens is 248 g/mol. The topological polar surface area (TPSA) is 67.6 Å². The van der Waals surface area contributed by atoms with Crippen molar-refractivity contribution in [3.05, 3.63) is 48.3 Å². The number of nitriles is 1. The number of nitrogens with two attached hydrogens (primary N) is 1. The van der Waals surface area contributed by atoms with Crippen LogP contribution in [0, 0.1) is 11.3 Å². The molecule has 2 N–H and O–H groups in total. The number of aromatic nitrogens is 2. The van der Waals surface area contributed by atoms with Crippen LogP contribution in [0.3, 0.4) is 0 Å². The molecule has 100 valence electrons. The van der Waals surface area contributed by atoms with Crippen LogP contribution in [0.5, 0.6) is 0 Å². The first kappa shape index (κ1) is 12.5.